The Labute approximate surface area is 841 Å². The zero-order valence-corrected chi connectivity index (χ0v) is 88.0. The van der Waals surface area contributed by atoms with Crippen molar-refractivity contribution in [3.05, 3.63) is 172 Å². The van der Waals surface area contributed by atoms with Gasteiger partial charge in [-0.2, -0.15) is 43.7 Å². The van der Waals surface area contributed by atoms with E-state index in [0.717, 1.165) is 105 Å². The van der Waals surface area contributed by atoms with E-state index in [1.54, 1.807) is 74.5 Å². The third kappa shape index (κ3) is 33.6. The molecule has 12 N–H and O–H groups in total. The Kier molecular flexibility index (Phi) is 38.6. The predicted octanol–water partition coefficient (Wildman–Crippen LogP) is 15.6. The first-order chi connectivity index (χ1) is 65.1. The van der Waals surface area contributed by atoms with Gasteiger partial charge in [-0.25, -0.2) is 35.7 Å². The van der Waals surface area contributed by atoms with Gasteiger partial charge in [-0.3, -0.25) is 32.8 Å². The zero-order chi connectivity index (χ0) is 100.0. The number of halogens is 7. The van der Waals surface area contributed by atoms with E-state index in [2.05, 4.69) is 59.6 Å². The highest BCUT2D eigenvalue weighted by atomic mass is 35.5. The van der Waals surface area contributed by atoms with Crippen LogP contribution in [0.2, 0.25) is 25.1 Å². The van der Waals surface area contributed by atoms with E-state index < -0.39 is 64.0 Å². The van der Waals surface area contributed by atoms with Crippen LogP contribution in [0.4, 0.5) is 8.78 Å². The molecule has 0 atom stereocenters. The monoisotopic (exact) mass is 2110 g/mol. The molecule has 1 saturated heterocycles. The molecule has 0 spiro atoms. The molecule has 1 heterocycles. The van der Waals surface area contributed by atoms with Gasteiger partial charge in [0, 0.05) is 89.1 Å². The molecule has 0 radical (unpaired) electrons. The number of hydrogen-bond acceptors (Lipinski definition) is 15. The van der Waals surface area contributed by atoms with E-state index in [-0.39, 0.29) is 111 Å². The summed E-state index contributed by atoms with van der Waals surface area (Å²) in [5.74, 6) is 2.19. The lowest BCUT2D eigenvalue weighted by Crippen LogP contribution is -2.58. The van der Waals surface area contributed by atoms with E-state index in [4.69, 9.17) is 58.0 Å². The Balaban J connectivity index is 0.000000155. The summed E-state index contributed by atoms with van der Waals surface area (Å²) in [5.41, 5.74) is 7.13. The number of carbonyl (C=O) groups is 5. The van der Waals surface area contributed by atoms with Crippen molar-refractivity contribution in [3.63, 3.8) is 0 Å². The fourth-order valence-electron chi connectivity index (χ4n) is 20.6. The van der Waals surface area contributed by atoms with Crippen molar-refractivity contribution in [3.8, 4) is 0 Å². The molecule has 138 heavy (non-hydrogen) atoms. The highest BCUT2D eigenvalue weighted by Gasteiger charge is 2.54. The predicted molar refractivity (Wildman–Crippen MR) is 541 cm³/mol. The summed E-state index contributed by atoms with van der Waals surface area (Å²) in [5, 5.41) is 17.3. The summed E-state index contributed by atoms with van der Waals surface area (Å²) in [4.78, 5) is 62.8. The second-order valence-corrected chi connectivity index (χ2v) is 52.2. The van der Waals surface area contributed by atoms with Gasteiger partial charge in [-0.1, -0.05) is 166 Å². The molecule has 10 aliphatic carbocycles. The maximum Gasteiger partial charge on any atom is 0.279 e. The number of sulfonamides is 2. The zero-order valence-electron chi connectivity index (χ0n) is 80.2. The van der Waals surface area contributed by atoms with Gasteiger partial charge < -0.3 is 26.6 Å². The summed E-state index contributed by atoms with van der Waals surface area (Å²) in [6, 6.07) is 26.5. The molecule has 5 aromatic rings. The van der Waals surface area contributed by atoms with Crippen molar-refractivity contribution in [2.24, 2.45) is 56.7 Å². The van der Waals surface area contributed by atoms with Gasteiger partial charge >= 0.3 is 0 Å². The molecule has 16 rings (SSSR count). The number of nitrogens with zero attached hydrogens (tertiary/aromatic N) is 1. The lowest BCUT2D eigenvalue weighted by atomic mass is 9.63. The summed E-state index contributed by atoms with van der Waals surface area (Å²) in [6.07, 6.45) is 25.6. The van der Waals surface area contributed by atoms with Crippen molar-refractivity contribution in [1.29, 1.82) is 0 Å². The Morgan fingerprint density at radius 1 is 0.333 bits per heavy atom. The fourth-order valence-corrected chi connectivity index (χ4v) is 28.4. The third-order valence-electron chi connectivity index (χ3n) is 28.4. The molecule has 0 bridgehead atoms. The van der Waals surface area contributed by atoms with Crippen molar-refractivity contribution >= 4 is 138 Å². The van der Waals surface area contributed by atoms with Crippen LogP contribution in [0.25, 0.3) is 0 Å². The summed E-state index contributed by atoms with van der Waals surface area (Å²) in [6.45, 7) is 16.5. The summed E-state index contributed by atoms with van der Waals surface area (Å²) >= 11 is 31.0. The maximum absolute atomic E-state index is 12.6. The Hall–Kier alpha value is -5.81. The SMILES string of the molecule is CCNS(=O)(=O)NC1CC(CNC(=O)c2ccc(C)cc2Cl)(CC2CC2)C1.CCNS(=O)(=O)NC1CC(CNC(=O)c2ccc(C)cc2Cl)(CC2CC2)C1.Cc1ccc(C(=O)NCC2(CC3CC3)CC(NS(=O)(=O)CCCF)C2)c(Cl)c1.Cc1ccc(C(=O)NCC2(CC3CC3)CC(NS(=O)(=O)CCCF)C2)c(Cl)c1.Cc1ccc(C(=O)NCC2(CC3CC3)CC(NS(=O)(=O)N3CCC3)C2)c(Cl)c1. The van der Waals surface area contributed by atoms with E-state index in [1.165, 1.54) is 68.5 Å². The van der Waals surface area contributed by atoms with Crippen LogP contribution in [0, 0.1) is 91.3 Å². The molecule has 5 amide bonds. The minimum atomic E-state index is -3.45. The first-order valence-corrected chi connectivity index (χ1v) is 58.4. The number of hydrogen-bond donors (Lipinski definition) is 12. The molecule has 5 aromatic carbocycles. The number of rotatable bonds is 46. The second kappa shape index (κ2) is 48.0. The maximum atomic E-state index is 12.6. The summed E-state index contributed by atoms with van der Waals surface area (Å²) < 4.78 is 165. The molecular weight excluding hydrogens is 1970 g/mol. The van der Waals surface area contributed by atoms with E-state index in [9.17, 15) is 74.8 Å². The van der Waals surface area contributed by atoms with Crippen molar-refractivity contribution in [2.75, 3.05) is 83.8 Å². The molecule has 40 heteroatoms. The van der Waals surface area contributed by atoms with Gasteiger partial charge in [-0.15, -0.1) is 0 Å². The molecule has 1 aliphatic heterocycles. The van der Waals surface area contributed by atoms with Crippen molar-refractivity contribution < 1.29 is 74.8 Å². The van der Waals surface area contributed by atoms with E-state index in [1.807, 2.05) is 65.0 Å². The van der Waals surface area contributed by atoms with Gasteiger partial charge in [0.2, 0.25) is 20.0 Å². The molecule has 11 aliphatic rings. The number of amides is 5. The highest BCUT2D eigenvalue weighted by molar-refractivity contribution is 7.90. The van der Waals surface area contributed by atoms with Crippen LogP contribution in [-0.4, -0.2) is 190 Å². The van der Waals surface area contributed by atoms with Crippen LogP contribution >= 0.6 is 58.0 Å². The third-order valence-corrected chi connectivity index (χ3v) is 37.3. The lowest BCUT2D eigenvalue weighted by molar-refractivity contribution is 0.0652. The van der Waals surface area contributed by atoms with E-state index >= 15 is 0 Å². The highest BCUT2D eigenvalue weighted by Crippen LogP contribution is 2.56. The molecule has 28 nitrogen and oxygen atoms in total. The average Bonchev–Trinajstić information content (AvgIpc) is 1.08. The largest absolute Gasteiger partial charge is 0.351 e. The van der Waals surface area contributed by atoms with Crippen LogP contribution in [0.1, 0.15) is 273 Å². The molecule has 0 unspecified atom stereocenters. The van der Waals surface area contributed by atoms with Gasteiger partial charge in [0.05, 0.1) is 77.8 Å². The average molecular weight is 2120 g/mol. The molecule has 10 saturated carbocycles. The fraction of sp³-hybridized carbons (Fsp3) is 0.643. The number of aryl methyl sites for hydroxylation is 5. The van der Waals surface area contributed by atoms with Crippen LogP contribution in [0.3, 0.4) is 0 Å². The quantitative estimate of drug-likeness (QED) is 0.0172. The Bertz CT molecular complexity index is 5440. The van der Waals surface area contributed by atoms with Gasteiger partial charge in [-0.05, 0) is 295 Å². The smallest absolute Gasteiger partial charge is 0.279 e. The van der Waals surface area contributed by atoms with Gasteiger partial charge in [0.15, 0.2) is 0 Å². The normalized spacial score (nSPS) is 25.4. The van der Waals surface area contributed by atoms with Crippen molar-refractivity contribution in [1.82, 2.24) is 63.9 Å². The Morgan fingerprint density at radius 2 is 0.543 bits per heavy atom. The van der Waals surface area contributed by atoms with Crippen LogP contribution in [0.5, 0.6) is 0 Å². The Morgan fingerprint density at radius 3 is 0.725 bits per heavy atom. The van der Waals surface area contributed by atoms with Crippen LogP contribution < -0.4 is 59.6 Å². The number of nitrogens with one attached hydrogen (secondary N) is 12. The molecule has 11 fully saturated rings. The minimum absolute atomic E-state index is 0.0165. The number of carbonyl (C=O) groups excluding carboxylic acids is 5. The second-order valence-electron chi connectivity index (χ2n) is 41.7. The first kappa shape index (κ1) is 111. The topological polar surface area (TPSA) is 404 Å². The standard InChI is InChI=1S/2C20H28ClFN2O3S.C20H28ClN3O3S.2C19H28ClN3O3S/c2*1-14-3-6-17(18(21)9-14)19(25)23-13-20(10-15-4-5-15)11-16(12-20)24-28(26,27)8-2-7-22;1-14-3-6-17(18(21)9-14)19(25)22-13-20(10-15-4-5-15)11-16(12-20)23-28(26,27)24-7-2-8-24;2*1-3-22-27(25,26)23-15-10-19(11-15,9-14-5-6-14)12-21-18(24)16-7-4-13(2)8-17(16)20/h2*3,6,9,15-16,24H,2,4-5,7-8,10-13H2,1H3,(H,23,25);3,6,9,15-16,23H,2,4-5,7-8,10-13H2,1H3,(H,22,25);2*4,7-8,14-15,22-23H,3,5-6,9-12H2,1-2H3,(H,21,24). The molecule has 0 aromatic heterocycles. The van der Waals surface area contributed by atoms with Crippen molar-refractivity contribution in [2.45, 2.75) is 258 Å². The van der Waals surface area contributed by atoms with Gasteiger partial charge in [0.25, 0.3) is 60.2 Å². The number of benzene rings is 5. The van der Waals surface area contributed by atoms with E-state index in [0.29, 0.717) is 167 Å². The van der Waals surface area contributed by atoms with Gasteiger partial charge in [0.1, 0.15) is 0 Å². The lowest BCUT2D eigenvalue weighted by Gasteiger charge is -2.49. The van der Waals surface area contributed by atoms with Crippen LogP contribution in [-0.2, 0) is 50.7 Å². The van der Waals surface area contributed by atoms with Crippen LogP contribution in [0.15, 0.2) is 91.0 Å². The number of alkyl halides is 2. The minimum Gasteiger partial charge on any atom is -0.351 e. The first-order valence-electron chi connectivity index (χ1n) is 48.8. The summed E-state index contributed by atoms with van der Waals surface area (Å²) in [7, 11) is -17.1. The molecule has 766 valence electrons. The molecular formula is C98H140Cl5F2N13O15S5.